The van der Waals surface area contributed by atoms with E-state index in [9.17, 15) is 24.3 Å². The fourth-order valence-corrected chi connectivity index (χ4v) is 5.04. The summed E-state index contributed by atoms with van der Waals surface area (Å²) in [5, 5.41) is 14.9. The van der Waals surface area contributed by atoms with E-state index in [1.54, 1.807) is 36.2 Å². The van der Waals surface area contributed by atoms with Crippen molar-refractivity contribution in [3.8, 4) is 0 Å². The molecule has 216 valence electrons. The van der Waals surface area contributed by atoms with Gasteiger partial charge in [0.2, 0.25) is 11.8 Å². The number of likely N-dealkylation sites (N-methyl/N-ethyl adjacent to an activating group) is 1. The summed E-state index contributed by atoms with van der Waals surface area (Å²) < 4.78 is 0. The van der Waals surface area contributed by atoms with Crippen LogP contribution in [0.3, 0.4) is 0 Å². The number of para-hydroxylation sites is 1. The number of likely N-dealkylation sites (tertiary alicyclic amines) is 1. The van der Waals surface area contributed by atoms with Crippen molar-refractivity contribution in [2.75, 3.05) is 30.8 Å². The van der Waals surface area contributed by atoms with Gasteiger partial charge in [-0.05, 0) is 81.3 Å². The molecule has 0 bridgehead atoms. The number of aliphatic carboxylic acids is 1. The number of hydrogen-bond acceptors (Lipinski definition) is 5. The summed E-state index contributed by atoms with van der Waals surface area (Å²) in [6.45, 7) is 2.90. The first-order chi connectivity index (χ1) is 19.2. The molecule has 2 unspecified atom stereocenters. The third kappa shape index (κ3) is 8.81. The zero-order valence-corrected chi connectivity index (χ0v) is 23.4. The third-order valence-corrected chi connectivity index (χ3v) is 7.36. The molecule has 0 spiro atoms. The van der Waals surface area contributed by atoms with Crippen LogP contribution in [0, 0.1) is 6.92 Å². The molecule has 0 aromatic heterocycles. The highest BCUT2D eigenvalue weighted by Crippen LogP contribution is 2.24. The van der Waals surface area contributed by atoms with Crippen LogP contribution < -0.4 is 16.4 Å². The van der Waals surface area contributed by atoms with E-state index in [1.807, 2.05) is 31.2 Å². The van der Waals surface area contributed by atoms with E-state index < -0.39 is 12.0 Å². The first-order valence-corrected chi connectivity index (χ1v) is 13.9. The number of anilines is 2. The predicted octanol–water partition coefficient (Wildman–Crippen LogP) is 3.99. The van der Waals surface area contributed by atoms with Gasteiger partial charge in [0, 0.05) is 31.0 Å². The van der Waals surface area contributed by atoms with Gasteiger partial charge in [-0.2, -0.15) is 0 Å². The fourth-order valence-electron chi connectivity index (χ4n) is 5.04. The molecule has 10 nitrogen and oxygen atoms in total. The molecule has 4 amide bonds. The SMILES string of the molecule is Cc1ccccc1NC(=O)Nc1ccc(CC(=O)N(C)C(CCCCN)C(=O)N2CCCCC2CC(=O)O)cc1. The average Bonchev–Trinajstić information content (AvgIpc) is 2.93. The third-order valence-electron chi connectivity index (χ3n) is 7.36. The van der Waals surface area contributed by atoms with E-state index in [0.29, 0.717) is 38.0 Å². The number of nitrogens with zero attached hydrogens (tertiary/aromatic N) is 2. The molecule has 1 aliphatic heterocycles. The summed E-state index contributed by atoms with van der Waals surface area (Å²) in [6.07, 6.45) is 4.23. The van der Waals surface area contributed by atoms with Gasteiger partial charge < -0.3 is 31.3 Å². The van der Waals surface area contributed by atoms with Crippen LogP contribution in [0.1, 0.15) is 56.1 Å². The minimum atomic E-state index is -0.931. The molecular formula is C30H41N5O5. The number of carbonyl (C=O) groups excluding carboxylic acids is 3. The maximum Gasteiger partial charge on any atom is 0.323 e. The van der Waals surface area contributed by atoms with Crippen LogP contribution in [0.25, 0.3) is 0 Å². The zero-order chi connectivity index (χ0) is 29.1. The second-order valence-corrected chi connectivity index (χ2v) is 10.4. The molecule has 1 heterocycles. The molecule has 2 aromatic rings. The Bertz CT molecular complexity index is 1170. The molecule has 3 rings (SSSR count). The van der Waals surface area contributed by atoms with E-state index in [0.717, 1.165) is 36.1 Å². The van der Waals surface area contributed by atoms with Crippen molar-refractivity contribution in [3.63, 3.8) is 0 Å². The van der Waals surface area contributed by atoms with Crippen LogP contribution in [0.5, 0.6) is 0 Å². The Balaban J connectivity index is 1.64. The van der Waals surface area contributed by atoms with E-state index in [4.69, 9.17) is 5.73 Å². The Morgan fingerprint density at radius 2 is 1.77 bits per heavy atom. The smallest absolute Gasteiger partial charge is 0.323 e. The number of benzene rings is 2. The number of amides is 4. The molecule has 1 aliphatic rings. The minimum absolute atomic E-state index is 0.0887. The summed E-state index contributed by atoms with van der Waals surface area (Å²) in [4.78, 5) is 53.9. The lowest BCUT2D eigenvalue weighted by atomic mass is 9.96. The van der Waals surface area contributed by atoms with Crippen LogP contribution in [0.4, 0.5) is 16.2 Å². The molecule has 0 saturated carbocycles. The quantitative estimate of drug-likeness (QED) is 0.294. The molecule has 0 radical (unpaired) electrons. The number of unbranched alkanes of at least 4 members (excludes halogenated alkanes) is 1. The van der Waals surface area contributed by atoms with E-state index in [2.05, 4.69) is 10.6 Å². The van der Waals surface area contributed by atoms with Crippen molar-refractivity contribution in [1.82, 2.24) is 9.80 Å². The first-order valence-electron chi connectivity index (χ1n) is 13.9. The number of nitrogens with two attached hydrogens (primary N) is 1. The number of nitrogens with one attached hydrogen (secondary N) is 2. The van der Waals surface area contributed by atoms with Crippen molar-refractivity contribution in [3.05, 3.63) is 59.7 Å². The Morgan fingerprint density at radius 3 is 2.45 bits per heavy atom. The van der Waals surface area contributed by atoms with Crippen LogP contribution in [-0.2, 0) is 20.8 Å². The minimum Gasteiger partial charge on any atom is -0.481 e. The van der Waals surface area contributed by atoms with Crippen LogP contribution >= 0.6 is 0 Å². The van der Waals surface area contributed by atoms with Gasteiger partial charge in [0.1, 0.15) is 6.04 Å². The van der Waals surface area contributed by atoms with E-state index >= 15 is 0 Å². The van der Waals surface area contributed by atoms with E-state index in [1.165, 1.54) is 4.90 Å². The summed E-state index contributed by atoms with van der Waals surface area (Å²) in [7, 11) is 1.63. The Kier molecular flexibility index (Phi) is 11.5. The number of urea groups is 1. The number of rotatable bonds is 12. The summed E-state index contributed by atoms with van der Waals surface area (Å²) in [5.41, 5.74) is 8.67. The lowest BCUT2D eigenvalue weighted by Crippen LogP contribution is -2.54. The van der Waals surface area contributed by atoms with Crippen molar-refractivity contribution in [1.29, 1.82) is 0 Å². The fraction of sp³-hybridized carbons (Fsp3) is 0.467. The molecule has 0 aliphatic carbocycles. The number of hydrogen-bond donors (Lipinski definition) is 4. The Morgan fingerprint density at radius 1 is 1.05 bits per heavy atom. The molecule has 1 saturated heterocycles. The monoisotopic (exact) mass is 551 g/mol. The molecule has 2 atom stereocenters. The Hall–Kier alpha value is -3.92. The lowest BCUT2D eigenvalue weighted by molar-refractivity contribution is -0.149. The number of carboxylic acid groups (broad SMARTS) is 1. The number of carboxylic acids is 1. The maximum atomic E-state index is 13.6. The summed E-state index contributed by atoms with van der Waals surface area (Å²) in [6, 6.07) is 13.1. The van der Waals surface area contributed by atoms with Crippen LogP contribution in [-0.4, -0.2) is 70.9 Å². The summed E-state index contributed by atoms with van der Waals surface area (Å²) in [5.74, 6) is -1.34. The Labute approximate surface area is 235 Å². The van der Waals surface area contributed by atoms with Crippen molar-refractivity contribution in [2.45, 2.75) is 70.4 Å². The van der Waals surface area contributed by atoms with Gasteiger partial charge in [0.05, 0.1) is 12.8 Å². The number of piperidine rings is 1. The lowest BCUT2D eigenvalue weighted by Gasteiger charge is -2.39. The molecule has 2 aromatic carbocycles. The highest BCUT2D eigenvalue weighted by molar-refractivity contribution is 6.00. The zero-order valence-electron chi connectivity index (χ0n) is 23.4. The molecule has 5 N–H and O–H groups in total. The van der Waals surface area contributed by atoms with Gasteiger partial charge in [0.15, 0.2) is 0 Å². The molecule has 1 fully saturated rings. The van der Waals surface area contributed by atoms with Crippen molar-refractivity contribution in [2.24, 2.45) is 5.73 Å². The van der Waals surface area contributed by atoms with Crippen LogP contribution in [0.15, 0.2) is 48.5 Å². The second kappa shape index (κ2) is 15.0. The topological polar surface area (TPSA) is 145 Å². The van der Waals surface area contributed by atoms with Gasteiger partial charge in [-0.1, -0.05) is 30.3 Å². The van der Waals surface area contributed by atoms with Gasteiger partial charge in [-0.15, -0.1) is 0 Å². The second-order valence-electron chi connectivity index (χ2n) is 10.4. The van der Waals surface area contributed by atoms with Crippen molar-refractivity contribution >= 4 is 35.2 Å². The maximum absolute atomic E-state index is 13.6. The predicted molar refractivity (Wildman–Crippen MR) is 155 cm³/mol. The van der Waals surface area contributed by atoms with Gasteiger partial charge in [-0.25, -0.2) is 4.79 Å². The van der Waals surface area contributed by atoms with Crippen LogP contribution in [0.2, 0.25) is 0 Å². The standard InChI is InChI=1S/C30H41N5O5/c1-21-9-3-4-11-25(21)33-30(40)32-23-15-13-22(14-16-23)19-27(36)34(2)26(12-5-7-17-31)29(39)35-18-8-6-10-24(35)20-28(37)38/h3-4,9,11,13-16,24,26H,5-8,10,12,17-20,31H2,1-2H3,(H,37,38)(H2,32,33,40). The largest absolute Gasteiger partial charge is 0.481 e. The first kappa shape index (κ1) is 30.6. The normalized spacial score (nSPS) is 15.7. The van der Waals surface area contributed by atoms with Crippen molar-refractivity contribution < 1.29 is 24.3 Å². The van der Waals surface area contributed by atoms with Gasteiger partial charge >= 0.3 is 12.0 Å². The van der Waals surface area contributed by atoms with Gasteiger partial charge in [-0.3, -0.25) is 14.4 Å². The number of carbonyl (C=O) groups is 4. The van der Waals surface area contributed by atoms with E-state index in [-0.39, 0.29) is 36.7 Å². The average molecular weight is 552 g/mol. The summed E-state index contributed by atoms with van der Waals surface area (Å²) >= 11 is 0. The number of aryl methyl sites for hydroxylation is 1. The van der Waals surface area contributed by atoms with Gasteiger partial charge in [0.25, 0.3) is 0 Å². The molecule has 40 heavy (non-hydrogen) atoms. The molecular weight excluding hydrogens is 510 g/mol. The highest BCUT2D eigenvalue weighted by Gasteiger charge is 2.35. The molecule has 10 heteroatoms. The highest BCUT2D eigenvalue weighted by atomic mass is 16.4.